The van der Waals surface area contributed by atoms with Crippen molar-refractivity contribution in [2.24, 2.45) is 0 Å². The van der Waals surface area contributed by atoms with E-state index in [-0.39, 0.29) is 11.8 Å². The topological polar surface area (TPSA) is 83.1 Å². The third kappa shape index (κ3) is 5.00. The molecule has 1 aromatic rings. The van der Waals surface area contributed by atoms with E-state index in [9.17, 15) is 9.59 Å². The Balaban J connectivity index is 1.86. The van der Waals surface area contributed by atoms with Crippen LogP contribution in [0.5, 0.6) is 0 Å². The zero-order chi connectivity index (χ0) is 15.2. The summed E-state index contributed by atoms with van der Waals surface area (Å²) in [6, 6.07) is 2.06. The molecule has 0 radical (unpaired) electrons. The molecule has 1 aliphatic carbocycles. The maximum atomic E-state index is 12.2. The molecule has 2 amide bonds. The number of amides is 2. The van der Waals surface area contributed by atoms with Crippen LogP contribution >= 0.6 is 15.9 Å². The molecular formula is C14H19BrN4O2. The lowest BCUT2D eigenvalue weighted by molar-refractivity contribution is -0.121. The van der Waals surface area contributed by atoms with Crippen molar-refractivity contribution in [3.05, 3.63) is 22.3 Å². The number of hydrogen-bond acceptors (Lipinski definition) is 4. The van der Waals surface area contributed by atoms with Crippen molar-refractivity contribution in [1.82, 2.24) is 15.6 Å². The van der Waals surface area contributed by atoms with Gasteiger partial charge in [-0.05, 0) is 41.8 Å². The first kappa shape index (κ1) is 15.8. The SMILES string of the molecule is CCNc1ncc(Br)cc1C(=O)NCCC(=O)NC1CC1. The number of nitrogens with one attached hydrogen (secondary N) is 3. The van der Waals surface area contributed by atoms with Crippen molar-refractivity contribution in [2.75, 3.05) is 18.4 Å². The number of aromatic nitrogens is 1. The van der Waals surface area contributed by atoms with Crippen LogP contribution in [-0.2, 0) is 4.79 Å². The van der Waals surface area contributed by atoms with Crippen molar-refractivity contribution in [2.45, 2.75) is 32.2 Å². The van der Waals surface area contributed by atoms with Crippen molar-refractivity contribution < 1.29 is 9.59 Å². The van der Waals surface area contributed by atoms with E-state index in [4.69, 9.17) is 0 Å². The molecule has 21 heavy (non-hydrogen) atoms. The number of nitrogens with zero attached hydrogens (tertiary/aromatic N) is 1. The van der Waals surface area contributed by atoms with E-state index in [2.05, 4.69) is 36.9 Å². The summed E-state index contributed by atoms with van der Waals surface area (Å²) in [5.74, 6) is 0.289. The summed E-state index contributed by atoms with van der Waals surface area (Å²) in [4.78, 5) is 27.9. The summed E-state index contributed by atoms with van der Waals surface area (Å²) >= 11 is 3.31. The van der Waals surface area contributed by atoms with E-state index >= 15 is 0 Å². The highest BCUT2D eigenvalue weighted by Crippen LogP contribution is 2.19. The second-order valence-electron chi connectivity index (χ2n) is 4.93. The minimum absolute atomic E-state index is 0.0166. The maximum Gasteiger partial charge on any atom is 0.255 e. The third-order valence-electron chi connectivity index (χ3n) is 3.02. The highest BCUT2D eigenvalue weighted by Gasteiger charge is 2.23. The molecule has 3 N–H and O–H groups in total. The highest BCUT2D eigenvalue weighted by atomic mass is 79.9. The van der Waals surface area contributed by atoms with Crippen molar-refractivity contribution >= 4 is 33.6 Å². The predicted molar refractivity (Wildman–Crippen MR) is 84.2 cm³/mol. The molecule has 0 aliphatic heterocycles. The van der Waals surface area contributed by atoms with Crippen LogP contribution in [0.1, 0.15) is 36.5 Å². The van der Waals surface area contributed by atoms with Gasteiger partial charge in [-0.3, -0.25) is 9.59 Å². The normalized spacial score (nSPS) is 13.6. The summed E-state index contributed by atoms with van der Waals surface area (Å²) in [7, 11) is 0. The minimum Gasteiger partial charge on any atom is -0.370 e. The number of anilines is 1. The summed E-state index contributed by atoms with van der Waals surface area (Å²) in [5, 5.41) is 8.68. The smallest absolute Gasteiger partial charge is 0.255 e. The first-order valence-corrected chi connectivity index (χ1v) is 7.86. The summed E-state index contributed by atoms with van der Waals surface area (Å²) in [6.07, 6.45) is 4.06. The monoisotopic (exact) mass is 354 g/mol. The first-order chi connectivity index (χ1) is 10.1. The molecule has 0 saturated heterocycles. The lowest BCUT2D eigenvalue weighted by Gasteiger charge is -2.10. The van der Waals surface area contributed by atoms with Crippen LogP contribution in [0, 0.1) is 0 Å². The van der Waals surface area contributed by atoms with Crippen molar-refractivity contribution in [3.8, 4) is 0 Å². The summed E-state index contributed by atoms with van der Waals surface area (Å²) < 4.78 is 0.737. The Kier molecular flexibility index (Phi) is 5.55. The number of halogens is 1. The molecule has 1 aliphatic rings. The molecule has 0 unspecified atom stereocenters. The van der Waals surface area contributed by atoms with E-state index in [0.29, 0.717) is 36.9 Å². The molecule has 1 heterocycles. The maximum absolute atomic E-state index is 12.2. The van der Waals surface area contributed by atoms with Gasteiger partial charge in [0.25, 0.3) is 5.91 Å². The van der Waals surface area contributed by atoms with Gasteiger partial charge in [-0.25, -0.2) is 4.98 Å². The van der Waals surface area contributed by atoms with Crippen molar-refractivity contribution in [3.63, 3.8) is 0 Å². The van der Waals surface area contributed by atoms with Gasteiger partial charge >= 0.3 is 0 Å². The van der Waals surface area contributed by atoms with Crippen LogP contribution in [-0.4, -0.2) is 35.9 Å². The molecule has 1 fully saturated rings. The van der Waals surface area contributed by atoms with Gasteiger partial charge in [-0.2, -0.15) is 0 Å². The third-order valence-corrected chi connectivity index (χ3v) is 3.46. The molecule has 0 aromatic carbocycles. The fourth-order valence-corrected chi connectivity index (χ4v) is 2.16. The standard InChI is InChI=1S/C14H19BrN4O2/c1-2-16-13-11(7-9(15)8-18-13)14(21)17-6-5-12(20)19-10-3-4-10/h7-8,10H,2-6H2,1H3,(H,16,18)(H,17,21)(H,19,20). The molecule has 0 bridgehead atoms. The summed E-state index contributed by atoms with van der Waals surface area (Å²) in [5.41, 5.74) is 0.467. The van der Waals surface area contributed by atoms with E-state index in [0.717, 1.165) is 17.3 Å². The van der Waals surface area contributed by atoms with Crippen molar-refractivity contribution in [1.29, 1.82) is 0 Å². The van der Waals surface area contributed by atoms with E-state index < -0.39 is 0 Å². The Hall–Kier alpha value is -1.63. The second-order valence-corrected chi connectivity index (χ2v) is 5.84. The second kappa shape index (κ2) is 7.40. The Labute approximate surface area is 132 Å². The molecule has 0 atom stereocenters. The molecule has 6 nitrogen and oxygen atoms in total. The average molecular weight is 355 g/mol. The molecule has 0 spiro atoms. The first-order valence-electron chi connectivity index (χ1n) is 7.07. The van der Waals surface area contributed by atoms with Gasteiger partial charge in [-0.1, -0.05) is 0 Å². The number of carbonyl (C=O) groups excluding carboxylic acids is 2. The average Bonchev–Trinajstić information content (AvgIpc) is 3.24. The van der Waals surface area contributed by atoms with E-state index in [1.54, 1.807) is 12.3 Å². The van der Waals surface area contributed by atoms with Gasteiger partial charge in [0.1, 0.15) is 5.82 Å². The van der Waals surface area contributed by atoms with Gasteiger partial charge in [0, 0.05) is 36.2 Å². The van der Waals surface area contributed by atoms with Gasteiger partial charge in [-0.15, -0.1) is 0 Å². The van der Waals surface area contributed by atoms with Crippen LogP contribution in [0.25, 0.3) is 0 Å². The Bertz CT molecular complexity index is 532. The highest BCUT2D eigenvalue weighted by molar-refractivity contribution is 9.10. The van der Waals surface area contributed by atoms with Gasteiger partial charge in [0.05, 0.1) is 5.56 Å². The zero-order valence-electron chi connectivity index (χ0n) is 11.9. The Morgan fingerprint density at radius 1 is 1.43 bits per heavy atom. The van der Waals surface area contributed by atoms with Gasteiger partial charge in [0.15, 0.2) is 0 Å². The Morgan fingerprint density at radius 3 is 2.86 bits per heavy atom. The largest absolute Gasteiger partial charge is 0.370 e. The number of hydrogen-bond donors (Lipinski definition) is 3. The minimum atomic E-state index is -0.237. The Morgan fingerprint density at radius 2 is 2.19 bits per heavy atom. The molecule has 7 heteroatoms. The van der Waals surface area contributed by atoms with Crippen LogP contribution in [0.3, 0.4) is 0 Å². The molecular weight excluding hydrogens is 336 g/mol. The predicted octanol–water partition coefficient (Wildman–Crippen LogP) is 1.67. The zero-order valence-corrected chi connectivity index (χ0v) is 13.5. The number of carbonyl (C=O) groups is 2. The lowest BCUT2D eigenvalue weighted by Crippen LogP contribution is -2.32. The molecule has 1 aromatic heterocycles. The van der Waals surface area contributed by atoms with Crippen LogP contribution in [0.2, 0.25) is 0 Å². The molecule has 114 valence electrons. The van der Waals surface area contributed by atoms with E-state index in [1.807, 2.05) is 6.92 Å². The van der Waals surface area contributed by atoms with Crippen LogP contribution in [0.15, 0.2) is 16.7 Å². The summed E-state index contributed by atoms with van der Waals surface area (Å²) in [6.45, 7) is 2.93. The molecule has 2 rings (SSSR count). The quantitative estimate of drug-likeness (QED) is 0.695. The fraction of sp³-hybridized carbons (Fsp3) is 0.500. The van der Waals surface area contributed by atoms with Gasteiger partial charge < -0.3 is 16.0 Å². The molecule has 1 saturated carbocycles. The van der Waals surface area contributed by atoms with E-state index in [1.165, 1.54) is 0 Å². The van der Waals surface area contributed by atoms with Crippen LogP contribution in [0.4, 0.5) is 5.82 Å². The fourth-order valence-electron chi connectivity index (χ4n) is 1.83. The number of pyridine rings is 1. The number of rotatable bonds is 7. The van der Waals surface area contributed by atoms with Gasteiger partial charge in [0.2, 0.25) is 5.91 Å². The lowest BCUT2D eigenvalue weighted by atomic mass is 10.2. The van der Waals surface area contributed by atoms with Crippen LogP contribution < -0.4 is 16.0 Å².